The van der Waals surface area contributed by atoms with E-state index in [4.69, 9.17) is 5.84 Å². The molecule has 0 saturated carbocycles. The molecule has 2 aromatic carbocycles. The molecule has 3 aromatic rings. The zero-order valence-electron chi connectivity index (χ0n) is 14.3. The van der Waals surface area contributed by atoms with Crippen LogP contribution >= 0.6 is 0 Å². The van der Waals surface area contributed by atoms with Crippen molar-refractivity contribution in [3.63, 3.8) is 0 Å². The molecule has 0 unspecified atom stereocenters. The van der Waals surface area contributed by atoms with Crippen molar-refractivity contribution >= 4 is 17.1 Å². The van der Waals surface area contributed by atoms with E-state index in [1.807, 2.05) is 62.5 Å². The van der Waals surface area contributed by atoms with Crippen LogP contribution in [0.2, 0.25) is 0 Å². The molecule has 5 nitrogen and oxygen atoms in total. The number of nitrogens with two attached hydrogens (primary N) is 1. The molecule has 0 fully saturated rings. The minimum absolute atomic E-state index is 0.756. The summed E-state index contributed by atoms with van der Waals surface area (Å²) in [5.41, 5.74) is 5.66. The normalized spacial score (nSPS) is 11.2. The van der Waals surface area contributed by atoms with Gasteiger partial charge in [0.1, 0.15) is 0 Å². The third-order valence-corrected chi connectivity index (χ3v) is 3.91. The molecule has 0 amide bonds. The minimum atomic E-state index is 0.756. The van der Waals surface area contributed by atoms with Crippen molar-refractivity contribution in [2.45, 2.75) is 6.92 Å². The van der Waals surface area contributed by atoms with E-state index >= 15 is 0 Å². The number of nitrogens with zero attached hydrogens (tertiary/aromatic N) is 3. The molecule has 126 valence electrons. The van der Waals surface area contributed by atoms with Crippen LogP contribution in [0.25, 0.3) is 11.1 Å². The number of hydrazone groups is 1. The first-order valence-electron chi connectivity index (χ1n) is 8.07. The standard InChI is InChI=1S/C20H21N5/c1-15(20-8-3-4-13-23-20)24-25(21)19-7-5-6-17(14-19)16-9-11-18(22-2)12-10-16/h3-14,22H,21H2,1-2H3/b24-15+. The fraction of sp³-hybridized carbons (Fsp3) is 0.100. The van der Waals surface area contributed by atoms with Gasteiger partial charge in [-0.25, -0.2) is 5.84 Å². The molecule has 0 atom stereocenters. The van der Waals surface area contributed by atoms with E-state index in [-0.39, 0.29) is 0 Å². The third kappa shape index (κ3) is 4.02. The highest BCUT2D eigenvalue weighted by Crippen LogP contribution is 2.25. The van der Waals surface area contributed by atoms with Crippen LogP contribution in [0, 0.1) is 0 Å². The Hall–Kier alpha value is -3.18. The summed E-state index contributed by atoms with van der Waals surface area (Å²) in [6.07, 6.45) is 1.74. The van der Waals surface area contributed by atoms with Gasteiger partial charge in [0.2, 0.25) is 0 Å². The molecular weight excluding hydrogens is 310 g/mol. The first-order chi connectivity index (χ1) is 12.2. The van der Waals surface area contributed by atoms with Gasteiger partial charge in [0, 0.05) is 18.9 Å². The number of pyridine rings is 1. The Morgan fingerprint density at radius 1 is 1.00 bits per heavy atom. The molecule has 0 aliphatic heterocycles. The van der Waals surface area contributed by atoms with Gasteiger partial charge in [-0.1, -0.05) is 30.3 Å². The van der Waals surface area contributed by atoms with Crippen molar-refractivity contribution in [1.29, 1.82) is 0 Å². The number of aromatic nitrogens is 1. The maximum Gasteiger partial charge on any atom is 0.0860 e. The van der Waals surface area contributed by atoms with Crippen molar-refractivity contribution in [2.24, 2.45) is 10.9 Å². The third-order valence-electron chi connectivity index (χ3n) is 3.91. The number of anilines is 2. The number of hydrogen-bond donors (Lipinski definition) is 2. The molecule has 0 aliphatic carbocycles. The second-order valence-corrected chi connectivity index (χ2v) is 5.62. The summed E-state index contributed by atoms with van der Waals surface area (Å²) >= 11 is 0. The van der Waals surface area contributed by atoms with Crippen LogP contribution in [-0.4, -0.2) is 17.7 Å². The summed E-state index contributed by atoms with van der Waals surface area (Å²) in [7, 11) is 1.91. The van der Waals surface area contributed by atoms with E-state index in [2.05, 4.69) is 33.6 Å². The predicted molar refractivity (Wildman–Crippen MR) is 105 cm³/mol. The SMILES string of the molecule is CNc1ccc(-c2cccc(N(N)/N=C(\C)c3ccccn3)c2)cc1. The molecule has 25 heavy (non-hydrogen) atoms. The highest BCUT2D eigenvalue weighted by atomic mass is 15.6. The van der Waals surface area contributed by atoms with Gasteiger partial charge < -0.3 is 5.32 Å². The molecule has 0 saturated heterocycles. The number of benzene rings is 2. The van der Waals surface area contributed by atoms with E-state index in [0.717, 1.165) is 33.9 Å². The Morgan fingerprint density at radius 3 is 2.48 bits per heavy atom. The summed E-state index contributed by atoms with van der Waals surface area (Å²) < 4.78 is 0. The Morgan fingerprint density at radius 2 is 1.80 bits per heavy atom. The number of nitrogens with one attached hydrogen (secondary N) is 1. The first kappa shape index (κ1) is 16.7. The lowest BCUT2D eigenvalue weighted by atomic mass is 10.0. The Bertz CT molecular complexity index is 857. The first-order valence-corrected chi connectivity index (χ1v) is 8.07. The van der Waals surface area contributed by atoms with E-state index in [9.17, 15) is 0 Å². The highest BCUT2D eigenvalue weighted by molar-refractivity contribution is 5.97. The minimum Gasteiger partial charge on any atom is -0.388 e. The second-order valence-electron chi connectivity index (χ2n) is 5.62. The molecule has 5 heteroatoms. The van der Waals surface area contributed by atoms with Gasteiger partial charge in [-0.2, -0.15) is 10.2 Å². The molecule has 0 bridgehead atoms. The largest absolute Gasteiger partial charge is 0.388 e. The van der Waals surface area contributed by atoms with E-state index in [1.54, 1.807) is 6.20 Å². The van der Waals surface area contributed by atoms with Gasteiger partial charge in [-0.3, -0.25) is 4.98 Å². The molecule has 1 aromatic heterocycles. The summed E-state index contributed by atoms with van der Waals surface area (Å²) in [6.45, 7) is 1.89. The average Bonchev–Trinajstić information content (AvgIpc) is 2.68. The van der Waals surface area contributed by atoms with Crippen molar-refractivity contribution in [2.75, 3.05) is 17.5 Å². The monoisotopic (exact) mass is 331 g/mol. The van der Waals surface area contributed by atoms with Crippen LogP contribution in [0.1, 0.15) is 12.6 Å². The van der Waals surface area contributed by atoms with Crippen LogP contribution in [-0.2, 0) is 0 Å². The fourth-order valence-electron chi connectivity index (χ4n) is 2.50. The average molecular weight is 331 g/mol. The van der Waals surface area contributed by atoms with Gasteiger partial charge in [-0.05, 0) is 54.4 Å². The molecule has 0 radical (unpaired) electrons. The van der Waals surface area contributed by atoms with Crippen LogP contribution in [0.4, 0.5) is 11.4 Å². The van der Waals surface area contributed by atoms with E-state index in [0.29, 0.717) is 0 Å². The molecule has 1 heterocycles. The van der Waals surface area contributed by atoms with Crippen LogP contribution in [0.15, 0.2) is 78.0 Å². The van der Waals surface area contributed by atoms with Crippen LogP contribution in [0.3, 0.4) is 0 Å². The van der Waals surface area contributed by atoms with Gasteiger partial charge in [0.05, 0.1) is 17.1 Å². The molecule has 0 aliphatic rings. The summed E-state index contributed by atoms with van der Waals surface area (Å²) in [5, 5.41) is 8.94. The topological polar surface area (TPSA) is 66.5 Å². The summed E-state index contributed by atoms with van der Waals surface area (Å²) in [6, 6.07) is 21.9. The highest BCUT2D eigenvalue weighted by Gasteiger charge is 2.05. The maximum atomic E-state index is 6.13. The van der Waals surface area contributed by atoms with Crippen molar-refractivity contribution in [3.8, 4) is 11.1 Å². The van der Waals surface area contributed by atoms with Crippen molar-refractivity contribution < 1.29 is 0 Å². The summed E-state index contributed by atoms with van der Waals surface area (Å²) in [4.78, 5) is 4.29. The molecule has 0 spiro atoms. The number of hydrazine groups is 1. The molecule has 3 N–H and O–H groups in total. The molecular formula is C20H21N5. The Kier molecular flexibility index (Phi) is 5.06. The van der Waals surface area contributed by atoms with Gasteiger partial charge >= 0.3 is 0 Å². The van der Waals surface area contributed by atoms with Gasteiger partial charge in [-0.15, -0.1) is 0 Å². The Balaban J connectivity index is 1.85. The second kappa shape index (κ2) is 7.59. The van der Waals surface area contributed by atoms with Gasteiger partial charge in [0.25, 0.3) is 0 Å². The number of rotatable bonds is 5. The number of hydrogen-bond acceptors (Lipinski definition) is 5. The maximum absolute atomic E-state index is 6.13. The van der Waals surface area contributed by atoms with Crippen molar-refractivity contribution in [1.82, 2.24) is 4.98 Å². The Labute approximate surface area is 147 Å². The summed E-state index contributed by atoms with van der Waals surface area (Å²) in [5.74, 6) is 6.13. The lowest BCUT2D eigenvalue weighted by Gasteiger charge is -2.15. The van der Waals surface area contributed by atoms with Crippen LogP contribution in [0.5, 0.6) is 0 Å². The smallest absolute Gasteiger partial charge is 0.0860 e. The fourth-order valence-corrected chi connectivity index (χ4v) is 2.50. The lowest BCUT2D eigenvalue weighted by molar-refractivity contribution is 0.922. The zero-order chi connectivity index (χ0) is 17.6. The van der Waals surface area contributed by atoms with Crippen LogP contribution < -0.4 is 16.3 Å². The van der Waals surface area contributed by atoms with E-state index in [1.165, 1.54) is 5.12 Å². The lowest BCUT2D eigenvalue weighted by Crippen LogP contribution is -2.26. The molecule has 3 rings (SSSR count). The quantitative estimate of drug-likeness (QED) is 0.423. The van der Waals surface area contributed by atoms with Gasteiger partial charge in [0.15, 0.2) is 0 Å². The predicted octanol–water partition coefficient (Wildman–Crippen LogP) is 3.89. The van der Waals surface area contributed by atoms with E-state index < -0.39 is 0 Å². The van der Waals surface area contributed by atoms with Crippen molar-refractivity contribution in [3.05, 3.63) is 78.6 Å². The zero-order valence-corrected chi connectivity index (χ0v) is 14.3.